The first kappa shape index (κ1) is 20.6. The third-order valence-electron chi connectivity index (χ3n) is 6.36. The largest absolute Gasteiger partial charge is 0.489 e. The van der Waals surface area contributed by atoms with E-state index in [2.05, 4.69) is 46.7 Å². The Labute approximate surface area is 199 Å². The van der Waals surface area contributed by atoms with E-state index in [4.69, 9.17) is 9.47 Å². The lowest BCUT2D eigenvalue weighted by molar-refractivity contribution is 0.306. The van der Waals surface area contributed by atoms with Gasteiger partial charge in [-0.05, 0) is 65.6 Å². The minimum Gasteiger partial charge on any atom is -0.489 e. The summed E-state index contributed by atoms with van der Waals surface area (Å²) in [6.07, 6.45) is 0.989. The van der Waals surface area contributed by atoms with Crippen LogP contribution < -0.4 is 14.8 Å². The summed E-state index contributed by atoms with van der Waals surface area (Å²) >= 11 is 0. The maximum Gasteiger partial charge on any atom is 0.127 e. The molecule has 1 atom stereocenters. The smallest absolute Gasteiger partial charge is 0.127 e. The van der Waals surface area contributed by atoms with Crippen LogP contribution in [0.25, 0.3) is 10.9 Å². The van der Waals surface area contributed by atoms with Gasteiger partial charge in [0.1, 0.15) is 23.9 Å². The lowest BCUT2D eigenvalue weighted by Gasteiger charge is -2.25. The van der Waals surface area contributed by atoms with Crippen LogP contribution in [0.1, 0.15) is 28.4 Å². The molecule has 4 aromatic carbocycles. The molecule has 34 heavy (non-hydrogen) atoms. The van der Waals surface area contributed by atoms with Gasteiger partial charge in [0, 0.05) is 23.1 Å². The molecule has 0 bridgehead atoms. The van der Waals surface area contributed by atoms with Crippen LogP contribution in [0, 0.1) is 0 Å². The molecule has 1 aliphatic rings. The first-order valence-corrected chi connectivity index (χ1v) is 11.7. The molecule has 0 saturated heterocycles. The number of aromatic nitrogens is 1. The fourth-order valence-corrected chi connectivity index (χ4v) is 4.68. The zero-order chi connectivity index (χ0) is 22.7. The molecule has 1 aromatic heterocycles. The van der Waals surface area contributed by atoms with E-state index in [9.17, 15) is 0 Å². The summed E-state index contributed by atoms with van der Waals surface area (Å²) in [6, 6.07) is 35.0. The summed E-state index contributed by atoms with van der Waals surface area (Å²) in [5, 5.41) is 4.93. The van der Waals surface area contributed by atoms with Crippen LogP contribution in [-0.2, 0) is 13.0 Å². The molecule has 5 aromatic rings. The van der Waals surface area contributed by atoms with Gasteiger partial charge in [0.05, 0.1) is 6.04 Å². The van der Waals surface area contributed by atoms with Crippen molar-refractivity contribution in [2.24, 2.45) is 0 Å². The van der Waals surface area contributed by atoms with Crippen LogP contribution in [0.2, 0.25) is 0 Å². The van der Waals surface area contributed by atoms with Crippen molar-refractivity contribution in [1.29, 1.82) is 0 Å². The third-order valence-corrected chi connectivity index (χ3v) is 6.36. The second-order valence-corrected chi connectivity index (χ2v) is 8.62. The van der Waals surface area contributed by atoms with E-state index in [0.29, 0.717) is 6.61 Å². The Morgan fingerprint density at radius 3 is 2.24 bits per heavy atom. The SMILES string of the molecule is c1ccc(COc2ccc3[nH]c4c(c3c2)CCNC4c2ccc(Oc3ccccc3)cc2)cc1. The molecule has 4 nitrogen and oxygen atoms in total. The van der Waals surface area contributed by atoms with Crippen molar-refractivity contribution in [3.63, 3.8) is 0 Å². The van der Waals surface area contributed by atoms with Crippen LogP contribution in [0.5, 0.6) is 17.2 Å². The Morgan fingerprint density at radius 1 is 0.735 bits per heavy atom. The number of hydrogen-bond donors (Lipinski definition) is 2. The second kappa shape index (κ2) is 9.08. The topological polar surface area (TPSA) is 46.3 Å². The number of fused-ring (bicyclic) bond motifs is 3. The molecular weight excluding hydrogens is 420 g/mol. The van der Waals surface area contributed by atoms with Crippen molar-refractivity contribution in [3.8, 4) is 17.2 Å². The van der Waals surface area contributed by atoms with Gasteiger partial charge in [0.2, 0.25) is 0 Å². The predicted molar refractivity (Wildman–Crippen MR) is 136 cm³/mol. The number of rotatable bonds is 6. The van der Waals surface area contributed by atoms with Crippen molar-refractivity contribution >= 4 is 10.9 Å². The van der Waals surface area contributed by atoms with Gasteiger partial charge in [-0.2, -0.15) is 0 Å². The molecule has 0 fully saturated rings. The quantitative estimate of drug-likeness (QED) is 0.302. The van der Waals surface area contributed by atoms with E-state index in [-0.39, 0.29) is 6.04 Å². The number of hydrogen-bond acceptors (Lipinski definition) is 3. The van der Waals surface area contributed by atoms with Crippen molar-refractivity contribution in [1.82, 2.24) is 10.3 Å². The summed E-state index contributed by atoms with van der Waals surface area (Å²) in [5.41, 5.74) is 6.14. The zero-order valence-corrected chi connectivity index (χ0v) is 18.8. The lowest BCUT2D eigenvalue weighted by atomic mass is 9.94. The van der Waals surface area contributed by atoms with E-state index in [1.54, 1.807) is 0 Å². The molecule has 6 rings (SSSR count). The summed E-state index contributed by atoms with van der Waals surface area (Å²) in [7, 11) is 0. The number of ether oxygens (including phenoxy) is 2. The molecule has 0 amide bonds. The van der Waals surface area contributed by atoms with Crippen molar-refractivity contribution in [2.45, 2.75) is 19.1 Å². The van der Waals surface area contributed by atoms with Crippen molar-refractivity contribution < 1.29 is 9.47 Å². The summed E-state index contributed by atoms with van der Waals surface area (Å²) < 4.78 is 12.1. The summed E-state index contributed by atoms with van der Waals surface area (Å²) in [5.74, 6) is 2.58. The molecule has 0 saturated carbocycles. The maximum absolute atomic E-state index is 6.09. The van der Waals surface area contributed by atoms with Crippen LogP contribution in [0.4, 0.5) is 0 Å². The number of aromatic amines is 1. The molecule has 1 aliphatic heterocycles. The third kappa shape index (κ3) is 4.16. The van der Waals surface area contributed by atoms with Crippen molar-refractivity contribution in [3.05, 3.63) is 126 Å². The molecular formula is C30H26N2O2. The molecule has 1 unspecified atom stereocenters. The molecule has 2 heterocycles. The van der Waals surface area contributed by atoms with Crippen LogP contribution in [0.3, 0.4) is 0 Å². The molecule has 0 aliphatic carbocycles. The highest BCUT2D eigenvalue weighted by Crippen LogP contribution is 2.36. The highest BCUT2D eigenvalue weighted by molar-refractivity contribution is 5.86. The first-order valence-electron chi connectivity index (χ1n) is 11.7. The molecule has 2 N–H and O–H groups in total. The Morgan fingerprint density at radius 2 is 1.44 bits per heavy atom. The monoisotopic (exact) mass is 446 g/mol. The molecule has 0 radical (unpaired) electrons. The van der Waals surface area contributed by atoms with Gasteiger partial charge < -0.3 is 19.8 Å². The Balaban J connectivity index is 1.24. The second-order valence-electron chi connectivity index (χ2n) is 8.62. The highest BCUT2D eigenvalue weighted by atomic mass is 16.5. The average Bonchev–Trinajstić information content (AvgIpc) is 3.27. The van der Waals surface area contributed by atoms with E-state index >= 15 is 0 Å². The molecule has 4 heteroatoms. The van der Waals surface area contributed by atoms with Gasteiger partial charge in [-0.15, -0.1) is 0 Å². The van der Waals surface area contributed by atoms with Gasteiger partial charge in [0.25, 0.3) is 0 Å². The standard InChI is InChI=1S/C30H26N2O2/c1-3-7-21(8-4-1)20-33-25-15-16-28-27(19-25)26-17-18-31-29(30(26)32-28)22-11-13-24(14-12-22)34-23-9-5-2-6-10-23/h1-16,19,29,31-32H,17-18,20H2. The lowest BCUT2D eigenvalue weighted by Crippen LogP contribution is -2.30. The van der Waals surface area contributed by atoms with Gasteiger partial charge in [0.15, 0.2) is 0 Å². The molecule has 168 valence electrons. The Kier molecular flexibility index (Phi) is 5.50. The summed E-state index contributed by atoms with van der Waals surface area (Å²) in [4.78, 5) is 3.67. The first-order chi connectivity index (χ1) is 16.8. The van der Waals surface area contributed by atoms with Gasteiger partial charge in [-0.25, -0.2) is 0 Å². The van der Waals surface area contributed by atoms with Gasteiger partial charge >= 0.3 is 0 Å². The van der Waals surface area contributed by atoms with E-state index in [1.165, 1.54) is 27.8 Å². The maximum atomic E-state index is 6.09. The van der Waals surface area contributed by atoms with Crippen LogP contribution >= 0.6 is 0 Å². The predicted octanol–water partition coefficient (Wildman–Crippen LogP) is 6.77. The van der Waals surface area contributed by atoms with Gasteiger partial charge in [-0.1, -0.05) is 60.7 Å². The van der Waals surface area contributed by atoms with Gasteiger partial charge in [-0.3, -0.25) is 0 Å². The average molecular weight is 447 g/mol. The van der Waals surface area contributed by atoms with E-state index in [1.807, 2.05) is 66.7 Å². The molecule has 0 spiro atoms. The minimum absolute atomic E-state index is 0.121. The minimum atomic E-state index is 0.121. The number of H-pyrrole nitrogens is 1. The fraction of sp³-hybridized carbons (Fsp3) is 0.133. The van der Waals surface area contributed by atoms with E-state index in [0.717, 1.165) is 35.7 Å². The Hall–Kier alpha value is -4.02. The zero-order valence-electron chi connectivity index (χ0n) is 18.8. The van der Waals surface area contributed by atoms with E-state index < -0.39 is 0 Å². The number of benzene rings is 4. The van der Waals surface area contributed by atoms with Crippen molar-refractivity contribution in [2.75, 3.05) is 6.54 Å². The number of nitrogens with one attached hydrogen (secondary N) is 2. The fourth-order valence-electron chi connectivity index (χ4n) is 4.68. The number of para-hydroxylation sites is 1. The Bertz CT molecular complexity index is 1390. The van der Waals surface area contributed by atoms with Crippen LogP contribution in [-0.4, -0.2) is 11.5 Å². The summed E-state index contributed by atoms with van der Waals surface area (Å²) in [6.45, 7) is 1.50. The normalized spacial score (nSPS) is 15.1. The highest BCUT2D eigenvalue weighted by Gasteiger charge is 2.25. The van der Waals surface area contributed by atoms with Crippen LogP contribution in [0.15, 0.2) is 103 Å².